The van der Waals surface area contributed by atoms with Crippen LogP contribution in [-0.2, 0) is 4.79 Å². The fourth-order valence-electron chi connectivity index (χ4n) is 0.223. The highest BCUT2D eigenvalue weighted by Crippen LogP contribution is 1.82. The molecule has 1 amide bonds. The van der Waals surface area contributed by atoms with Crippen molar-refractivity contribution in [3.63, 3.8) is 0 Å². The number of rotatable bonds is 2. The Morgan fingerprint density at radius 1 is 1.70 bits per heavy atom. The molecule has 6 N–H and O–H groups in total. The van der Waals surface area contributed by atoms with E-state index in [0.717, 1.165) is 0 Å². The van der Waals surface area contributed by atoms with Gasteiger partial charge in [-0.1, -0.05) is 6.58 Å². The van der Waals surface area contributed by atoms with Crippen molar-refractivity contribution in [2.75, 3.05) is 6.73 Å². The number of carbonyl (C=O) groups is 1. The lowest BCUT2D eigenvalue weighted by Gasteiger charge is -1.96. The molecule has 0 aromatic heterocycles. The van der Waals surface area contributed by atoms with Gasteiger partial charge in [-0.15, -0.1) is 0 Å². The zero-order valence-corrected chi connectivity index (χ0v) is 5.92. The molecule has 0 bridgehead atoms. The monoisotopic (exact) mass is 147 g/mol. The number of carbonyl (C=O) groups excluding carboxylic acids is 1. The molecule has 0 fully saturated rings. The van der Waals surface area contributed by atoms with E-state index in [2.05, 4.69) is 23.6 Å². The number of nitrogens with two attached hydrogens (primary N) is 2. The van der Waals surface area contributed by atoms with Crippen molar-refractivity contribution in [3.05, 3.63) is 12.2 Å². The van der Waals surface area contributed by atoms with Gasteiger partial charge in [0.2, 0.25) is 5.91 Å². The summed E-state index contributed by atoms with van der Waals surface area (Å²) in [6, 6.07) is 0. The van der Waals surface area contributed by atoms with Gasteiger partial charge in [0.15, 0.2) is 0 Å². The smallest absolute Gasteiger partial charge is 0.248 e. The van der Waals surface area contributed by atoms with Gasteiger partial charge in [-0.3, -0.25) is 16.5 Å². The van der Waals surface area contributed by atoms with Gasteiger partial charge in [0.05, 0.1) is 0 Å². The summed E-state index contributed by atoms with van der Waals surface area (Å²) in [6.07, 6.45) is 0. The number of amides is 1. The van der Waals surface area contributed by atoms with Crippen LogP contribution < -0.4 is 17.0 Å². The number of aliphatic hydroxyl groups is 1. The second kappa shape index (κ2) is 8.09. The fraction of sp³-hybridized carbons (Fsp3) is 0.400. The van der Waals surface area contributed by atoms with Crippen LogP contribution in [0.3, 0.4) is 0 Å². The summed E-state index contributed by atoms with van der Waals surface area (Å²) in [6.45, 7) is 4.60. The van der Waals surface area contributed by atoms with E-state index < -0.39 is 0 Å². The molecule has 0 aliphatic carbocycles. The van der Waals surface area contributed by atoms with Gasteiger partial charge >= 0.3 is 0 Å². The van der Waals surface area contributed by atoms with E-state index in [1.54, 1.807) is 6.92 Å². The highest BCUT2D eigenvalue weighted by atomic mass is 16.3. The molecule has 60 valence electrons. The topological polar surface area (TPSA) is 101 Å². The first-order chi connectivity index (χ1) is 4.68. The van der Waals surface area contributed by atoms with Crippen LogP contribution in [0.4, 0.5) is 0 Å². The van der Waals surface area contributed by atoms with Gasteiger partial charge in [0, 0.05) is 5.57 Å². The van der Waals surface area contributed by atoms with Crippen LogP contribution in [0.5, 0.6) is 0 Å². The van der Waals surface area contributed by atoms with E-state index >= 15 is 0 Å². The maximum Gasteiger partial charge on any atom is 0.248 e. The van der Waals surface area contributed by atoms with Crippen LogP contribution in [-0.4, -0.2) is 17.7 Å². The Kier molecular flexibility index (Phi) is 9.57. The van der Waals surface area contributed by atoms with Crippen LogP contribution in [0.25, 0.3) is 0 Å². The van der Waals surface area contributed by atoms with Crippen molar-refractivity contribution in [2.24, 2.45) is 11.7 Å². The SMILES string of the molecule is C=C(C)C(=O)NCO.NN. The number of hydrogen-bond donors (Lipinski definition) is 4. The van der Waals surface area contributed by atoms with Crippen molar-refractivity contribution >= 4 is 5.91 Å². The third-order valence-corrected chi connectivity index (χ3v) is 0.627. The van der Waals surface area contributed by atoms with Crippen LogP contribution in [0.15, 0.2) is 12.2 Å². The molecular formula is C5H13N3O2. The molecule has 5 heteroatoms. The lowest BCUT2D eigenvalue weighted by molar-refractivity contribution is -0.118. The largest absolute Gasteiger partial charge is 0.376 e. The highest BCUT2D eigenvalue weighted by molar-refractivity contribution is 5.91. The maximum absolute atomic E-state index is 10.4. The van der Waals surface area contributed by atoms with E-state index in [0.29, 0.717) is 5.57 Å². The number of hydrazine groups is 1. The Morgan fingerprint density at radius 2 is 2.10 bits per heavy atom. The van der Waals surface area contributed by atoms with Gasteiger partial charge in [0.25, 0.3) is 0 Å². The molecule has 0 radical (unpaired) electrons. The van der Waals surface area contributed by atoms with E-state index in [-0.39, 0.29) is 12.6 Å². The van der Waals surface area contributed by atoms with Crippen LogP contribution >= 0.6 is 0 Å². The summed E-state index contributed by atoms with van der Waals surface area (Å²) >= 11 is 0. The van der Waals surface area contributed by atoms with E-state index in [1.807, 2.05) is 0 Å². The molecule has 0 unspecified atom stereocenters. The van der Waals surface area contributed by atoms with Gasteiger partial charge in [-0.2, -0.15) is 0 Å². The van der Waals surface area contributed by atoms with E-state index in [9.17, 15) is 4.79 Å². The minimum atomic E-state index is -0.328. The molecule has 0 saturated carbocycles. The lowest BCUT2D eigenvalue weighted by Crippen LogP contribution is -2.24. The molecule has 0 spiro atoms. The molecular weight excluding hydrogens is 134 g/mol. The first kappa shape index (κ1) is 11.8. The molecule has 0 aromatic rings. The predicted octanol–water partition coefficient (Wildman–Crippen LogP) is -1.55. The Labute approximate surface area is 59.7 Å². The quantitative estimate of drug-likeness (QED) is 0.164. The average Bonchev–Trinajstić information content (AvgIpc) is 1.93. The standard InChI is InChI=1S/C5H9NO2.H4N2/c1-4(2)5(8)6-3-7;1-2/h7H,1,3H2,2H3,(H,6,8);1-2H2. The normalized spacial score (nSPS) is 7.20. The van der Waals surface area contributed by atoms with Crippen LogP contribution in [0.1, 0.15) is 6.92 Å². The third kappa shape index (κ3) is 7.09. The van der Waals surface area contributed by atoms with Crippen LogP contribution in [0, 0.1) is 0 Å². The van der Waals surface area contributed by atoms with E-state index in [4.69, 9.17) is 5.11 Å². The predicted molar refractivity (Wildman–Crippen MR) is 38.4 cm³/mol. The molecule has 10 heavy (non-hydrogen) atoms. The second-order valence-electron chi connectivity index (χ2n) is 1.44. The molecule has 0 heterocycles. The number of hydrogen-bond acceptors (Lipinski definition) is 4. The first-order valence-electron chi connectivity index (χ1n) is 2.56. The first-order valence-corrected chi connectivity index (χ1v) is 2.56. The summed E-state index contributed by atoms with van der Waals surface area (Å²) in [5, 5.41) is 10.3. The summed E-state index contributed by atoms with van der Waals surface area (Å²) in [5.74, 6) is 7.69. The zero-order valence-electron chi connectivity index (χ0n) is 5.92. The van der Waals surface area contributed by atoms with Crippen molar-refractivity contribution in [2.45, 2.75) is 6.92 Å². The Morgan fingerprint density at radius 3 is 2.20 bits per heavy atom. The number of aliphatic hydroxyl groups excluding tert-OH is 1. The summed E-state index contributed by atoms with van der Waals surface area (Å²) in [4.78, 5) is 10.4. The van der Waals surface area contributed by atoms with Crippen molar-refractivity contribution in [3.8, 4) is 0 Å². The van der Waals surface area contributed by atoms with Gasteiger partial charge in [-0.05, 0) is 6.92 Å². The lowest BCUT2D eigenvalue weighted by atomic mass is 10.3. The molecule has 0 saturated heterocycles. The van der Waals surface area contributed by atoms with Gasteiger partial charge < -0.3 is 10.4 Å². The third-order valence-electron chi connectivity index (χ3n) is 0.627. The maximum atomic E-state index is 10.4. The Balaban J connectivity index is 0. The summed E-state index contributed by atoms with van der Waals surface area (Å²) < 4.78 is 0. The van der Waals surface area contributed by atoms with Crippen molar-refractivity contribution in [1.82, 2.24) is 5.32 Å². The number of nitrogens with one attached hydrogen (secondary N) is 1. The molecule has 0 aliphatic heterocycles. The molecule has 0 rings (SSSR count). The second-order valence-corrected chi connectivity index (χ2v) is 1.44. The fourth-order valence-corrected chi connectivity index (χ4v) is 0.223. The summed E-state index contributed by atoms with van der Waals surface area (Å²) in [7, 11) is 0. The van der Waals surface area contributed by atoms with Gasteiger partial charge in [-0.25, -0.2) is 0 Å². The zero-order chi connectivity index (χ0) is 8.57. The Bertz CT molecular complexity index is 113. The van der Waals surface area contributed by atoms with Crippen molar-refractivity contribution < 1.29 is 9.90 Å². The van der Waals surface area contributed by atoms with Crippen LogP contribution in [0.2, 0.25) is 0 Å². The minimum absolute atomic E-state index is 0.312. The summed E-state index contributed by atoms with van der Waals surface area (Å²) in [5.41, 5.74) is 0.402. The molecule has 0 aromatic carbocycles. The molecule has 0 aliphatic rings. The highest BCUT2D eigenvalue weighted by Gasteiger charge is 1.95. The minimum Gasteiger partial charge on any atom is -0.376 e. The van der Waals surface area contributed by atoms with Crippen molar-refractivity contribution in [1.29, 1.82) is 0 Å². The molecule has 5 nitrogen and oxygen atoms in total. The average molecular weight is 147 g/mol. The van der Waals surface area contributed by atoms with Gasteiger partial charge in [0.1, 0.15) is 6.73 Å². The molecule has 0 atom stereocenters. The Hall–Kier alpha value is -0.910. The van der Waals surface area contributed by atoms with E-state index in [1.165, 1.54) is 0 Å².